The summed E-state index contributed by atoms with van der Waals surface area (Å²) in [6, 6.07) is 0. The smallest absolute Gasteiger partial charge is 0.319 e. The predicted molar refractivity (Wildman–Crippen MR) is 76.2 cm³/mol. The monoisotopic (exact) mass is 288 g/mol. The largest absolute Gasteiger partial charge is 0.464 e. The molecular formula is C15H28O5. The quantitative estimate of drug-likeness (QED) is 0.343. The van der Waals surface area contributed by atoms with E-state index in [1.165, 1.54) is 0 Å². The zero-order valence-corrected chi connectivity index (χ0v) is 12.9. The first-order chi connectivity index (χ1) is 9.39. The molecule has 0 aliphatic heterocycles. The van der Waals surface area contributed by atoms with E-state index in [1.807, 2.05) is 0 Å². The van der Waals surface area contributed by atoms with Gasteiger partial charge in [0.15, 0.2) is 0 Å². The minimum Gasteiger partial charge on any atom is -0.464 e. The second kappa shape index (κ2) is 9.88. The normalized spacial score (nSPS) is 11.7. The molecule has 0 rings (SSSR count). The molecule has 0 radical (unpaired) electrons. The minimum absolute atomic E-state index is 0.0711. The van der Waals surface area contributed by atoms with Gasteiger partial charge in [-0.1, -0.05) is 26.2 Å². The zero-order chi connectivity index (χ0) is 15.6. The average molecular weight is 288 g/mol. The molecule has 0 aliphatic rings. The molecule has 0 atom stereocenters. The average Bonchev–Trinajstić information content (AvgIpc) is 2.44. The lowest BCUT2D eigenvalue weighted by Gasteiger charge is -2.22. The molecule has 20 heavy (non-hydrogen) atoms. The molecule has 118 valence electrons. The van der Waals surface area contributed by atoms with Crippen molar-refractivity contribution in [3.05, 3.63) is 0 Å². The molecule has 0 aliphatic carbocycles. The van der Waals surface area contributed by atoms with Crippen LogP contribution in [0.5, 0.6) is 0 Å². The Bertz CT molecular complexity index is 295. The number of hydrogen-bond acceptors (Lipinski definition) is 5. The summed E-state index contributed by atoms with van der Waals surface area (Å²) in [6.45, 7) is 4.64. The number of aliphatic hydroxyl groups excluding tert-OH is 2. The van der Waals surface area contributed by atoms with Crippen molar-refractivity contribution in [2.75, 3.05) is 19.8 Å². The van der Waals surface area contributed by atoms with Gasteiger partial charge < -0.3 is 14.9 Å². The number of Topliss-reactive ketones (excluding diaryl/α,β-unsaturated/α-hetero) is 1. The van der Waals surface area contributed by atoms with Crippen molar-refractivity contribution in [1.82, 2.24) is 0 Å². The molecule has 0 bridgehead atoms. The fraction of sp³-hybridized carbons (Fsp3) is 0.867. The highest BCUT2D eigenvalue weighted by molar-refractivity contribution is 6.02. The van der Waals surface area contributed by atoms with Gasteiger partial charge in [0.1, 0.15) is 11.2 Å². The van der Waals surface area contributed by atoms with E-state index in [4.69, 9.17) is 14.9 Å². The highest BCUT2D eigenvalue weighted by Gasteiger charge is 2.36. The van der Waals surface area contributed by atoms with E-state index in [0.29, 0.717) is 6.42 Å². The summed E-state index contributed by atoms with van der Waals surface area (Å²) in [5, 5.41) is 17.8. The van der Waals surface area contributed by atoms with Crippen LogP contribution in [0.1, 0.15) is 52.9 Å². The van der Waals surface area contributed by atoms with Crippen LogP contribution in [0.2, 0.25) is 0 Å². The zero-order valence-electron chi connectivity index (χ0n) is 12.9. The third kappa shape index (κ3) is 6.48. The van der Waals surface area contributed by atoms with E-state index in [-0.39, 0.29) is 25.6 Å². The number of carbonyl (C=O) groups excluding carboxylic acids is 2. The molecule has 2 N–H and O–H groups in total. The summed E-state index contributed by atoms with van der Waals surface area (Å²) in [5.41, 5.74) is -1.17. The molecule has 5 nitrogen and oxygen atoms in total. The lowest BCUT2D eigenvalue weighted by Crippen LogP contribution is -2.36. The molecule has 5 heteroatoms. The third-order valence-electron chi connectivity index (χ3n) is 3.43. The Balaban J connectivity index is 4.24. The van der Waals surface area contributed by atoms with Gasteiger partial charge in [-0.25, -0.2) is 0 Å². The first-order valence-electron chi connectivity index (χ1n) is 7.32. The lowest BCUT2D eigenvalue weighted by molar-refractivity contribution is -0.160. The summed E-state index contributed by atoms with van der Waals surface area (Å²) in [7, 11) is 0. The highest BCUT2D eigenvalue weighted by atomic mass is 16.5. The van der Waals surface area contributed by atoms with Crippen LogP contribution in [0.25, 0.3) is 0 Å². The maximum atomic E-state index is 12.1. The Hall–Kier alpha value is -0.940. The molecule has 0 aromatic carbocycles. The second-order valence-electron chi connectivity index (χ2n) is 5.69. The van der Waals surface area contributed by atoms with Crippen molar-refractivity contribution in [3.8, 4) is 0 Å². The number of esters is 1. The molecular weight excluding hydrogens is 260 g/mol. The van der Waals surface area contributed by atoms with Crippen LogP contribution in [-0.4, -0.2) is 41.8 Å². The van der Waals surface area contributed by atoms with E-state index in [2.05, 4.69) is 6.92 Å². The van der Waals surface area contributed by atoms with Gasteiger partial charge in [-0.2, -0.15) is 0 Å². The molecule has 0 fully saturated rings. The molecule has 0 amide bonds. The van der Waals surface area contributed by atoms with Gasteiger partial charge in [-0.15, -0.1) is 0 Å². The van der Waals surface area contributed by atoms with Gasteiger partial charge in [0.05, 0.1) is 19.8 Å². The van der Waals surface area contributed by atoms with E-state index >= 15 is 0 Å². The van der Waals surface area contributed by atoms with Gasteiger partial charge in [0, 0.05) is 12.3 Å². The summed E-state index contributed by atoms with van der Waals surface area (Å²) < 4.78 is 5.02. The Morgan fingerprint density at radius 2 is 1.70 bits per heavy atom. The van der Waals surface area contributed by atoms with Crippen molar-refractivity contribution in [3.63, 3.8) is 0 Å². The molecule has 0 aromatic rings. The van der Waals surface area contributed by atoms with Crippen LogP contribution in [0.4, 0.5) is 0 Å². The number of rotatable bonds is 11. The highest BCUT2D eigenvalue weighted by Crippen LogP contribution is 2.22. The number of ether oxygens (including phenoxy) is 1. The van der Waals surface area contributed by atoms with Crippen LogP contribution >= 0.6 is 0 Å². The maximum absolute atomic E-state index is 12.1. The number of ketones is 1. The van der Waals surface area contributed by atoms with Crippen molar-refractivity contribution < 1.29 is 24.5 Å². The number of hydrogen-bond donors (Lipinski definition) is 2. The topological polar surface area (TPSA) is 83.8 Å². The van der Waals surface area contributed by atoms with Crippen LogP contribution < -0.4 is 0 Å². The third-order valence-corrected chi connectivity index (χ3v) is 3.43. The number of carbonyl (C=O) groups is 2. The van der Waals surface area contributed by atoms with Crippen molar-refractivity contribution >= 4 is 11.8 Å². The molecule has 0 spiro atoms. The van der Waals surface area contributed by atoms with Crippen molar-refractivity contribution in [2.45, 2.75) is 52.9 Å². The van der Waals surface area contributed by atoms with Gasteiger partial charge >= 0.3 is 5.97 Å². The van der Waals surface area contributed by atoms with Crippen LogP contribution in [0, 0.1) is 11.3 Å². The van der Waals surface area contributed by atoms with Gasteiger partial charge in [0.25, 0.3) is 0 Å². The summed E-state index contributed by atoms with van der Waals surface area (Å²) in [5.74, 6) is -1.21. The Morgan fingerprint density at radius 1 is 1.10 bits per heavy atom. The fourth-order valence-electron chi connectivity index (χ4n) is 1.68. The van der Waals surface area contributed by atoms with E-state index in [0.717, 1.165) is 25.7 Å². The van der Waals surface area contributed by atoms with Gasteiger partial charge in [-0.05, 0) is 20.3 Å². The van der Waals surface area contributed by atoms with Crippen molar-refractivity contribution in [1.29, 1.82) is 0 Å². The summed E-state index contributed by atoms with van der Waals surface area (Å²) in [4.78, 5) is 24.0. The maximum Gasteiger partial charge on any atom is 0.319 e. The molecule has 0 heterocycles. The Morgan fingerprint density at radius 3 is 2.20 bits per heavy atom. The minimum atomic E-state index is -1.17. The predicted octanol–water partition coefficient (Wildman–Crippen LogP) is 1.70. The fourth-order valence-corrected chi connectivity index (χ4v) is 1.68. The van der Waals surface area contributed by atoms with E-state index in [9.17, 15) is 9.59 Å². The molecule has 0 aromatic heterocycles. The first-order valence-corrected chi connectivity index (χ1v) is 7.32. The van der Waals surface area contributed by atoms with Crippen LogP contribution in [-0.2, 0) is 14.3 Å². The van der Waals surface area contributed by atoms with Gasteiger partial charge in [-0.3, -0.25) is 9.59 Å². The second-order valence-corrected chi connectivity index (χ2v) is 5.69. The lowest BCUT2D eigenvalue weighted by atomic mass is 9.85. The SMILES string of the molecule is CCCCCCC(=O)C(C)(C)C(=O)OCC(CO)CO. The summed E-state index contributed by atoms with van der Waals surface area (Å²) in [6.07, 6.45) is 4.35. The summed E-state index contributed by atoms with van der Waals surface area (Å²) >= 11 is 0. The number of unbranched alkanes of at least 4 members (excludes halogenated alkanes) is 3. The molecule has 0 saturated heterocycles. The number of aliphatic hydroxyl groups is 2. The van der Waals surface area contributed by atoms with Crippen molar-refractivity contribution in [2.24, 2.45) is 11.3 Å². The van der Waals surface area contributed by atoms with E-state index in [1.54, 1.807) is 13.8 Å². The molecule has 0 unspecified atom stereocenters. The Kier molecular flexibility index (Phi) is 9.42. The standard InChI is InChI=1S/C15H28O5/c1-4-5-6-7-8-13(18)15(2,3)14(19)20-11-12(9-16)10-17/h12,16-17H,4-11H2,1-3H3. The first kappa shape index (κ1) is 19.1. The van der Waals surface area contributed by atoms with Crippen LogP contribution in [0.3, 0.4) is 0 Å². The van der Waals surface area contributed by atoms with E-state index < -0.39 is 17.3 Å². The Labute approximate surface area is 121 Å². The van der Waals surface area contributed by atoms with Crippen LogP contribution in [0.15, 0.2) is 0 Å². The van der Waals surface area contributed by atoms with Gasteiger partial charge in [0.2, 0.25) is 0 Å². The molecule has 0 saturated carbocycles.